The number of methoxy groups -OCH3 is 1. The molecule has 5 nitrogen and oxygen atoms in total. The maximum Gasteiger partial charge on any atom is 0.282 e. The van der Waals surface area contributed by atoms with Crippen LogP contribution in [0.25, 0.3) is 6.08 Å². The van der Waals surface area contributed by atoms with Gasteiger partial charge >= 0.3 is 0 Å². The smallest absolute Gasteiger partial charge is 0.282 e. The third-order valence-corrected chi connectivity index (χ3v) is 4.50. The Morgan fingerprint density at radius 1 is 1.00 bits per heavy atom. The van der Waals surface area contributed by atoms with Crippen molar-refractivity contribution in [1.29, 1.82) is 0 Å². The van der Waals surface area contributed by atoms with E-state index in [1.54, 1.807) is 43.5 Å². The summed E-state index contributed by atoms with van der Waals surface area (Å²) in [5.41, 5.74) is 2.07. The monoisotopic (exact) mass is 388 g/mol. The van der Waals surface area contributed by atoms with Gasteiger partial charge in [-0.05, 0) is 60.7 Å². The molecule has 1 heterocycles. The van der Waals surface area contributed by atoms with E-state index in [4.69, 9.17) is 4.74 Å². The van der Waals surface area contributed by atoms with E-state index in [2.05, 4.69) is 4.99 Å². The molecule has 3 aromatic carbocycles. The Morgan fingerprint density at radius 2 is 1.69 bits per heavy atom. The molecule has 3 aromatic rings. The highest BCUT2D eigenvalue weighted by atomic mass is 19.1. The molecule has 1 aliphatic rings. The highest BCUT2D eigenvalue weighted by molar-refractivity contribution is 6.33. The van der Waals surface area contributed by atoms with Crippen LogP contribution >= 0.6 is 0 Å². The number of rotatable bonds is 4. The van der Waals surface area contributed by atoms with Crippen LogP contribution in [0.5, 0.6) is 11.5 Å². The van der Waals surface area contributed by atoms with E-state index in [-0.39, 0.29) is 23.2 Å². The van der Waals surface area contributed by atoms with E-state index in [1.807, 2.05) is 18.2 Å². The molecule has 0 unspecified atom stereocenters. The van der Waals surface area contributed by atoms with Crippen molar-refractivity contribution in [3.63, 3.8) is 0 Å². The molecule has 29 heavy (non-hydrogen) atoms. The zero-order valence-corrected chi connectivity index (χ0v) is 15.5. The first-order chi connectivity index (χ1) is 14.1. The Hall–Kier alpha value is -3.93. The molecule has 0 saturated heterocycles. The molecule has 144 valence electrons. The summed E-state index contributed by atoms with van der Waals surface area (Å²) < 4.78 is 18.7. The van der Waals surface area contributed by atoms with Gasteiger partial charge in [0.1, 0.15) is 28.8 Å². The van der Waals surface area contributed by atoms with Crippen molar-refractivity contribution in [2.24, 2.45) is 4.99 Å². The third kappa shape index (κ3) is 3.60. The fourth-order valence-electron chi connectivity index (χ4n) is 3.08. The lowest BCUT2D eigenvalue weighted by atomic mass is 10.1. The van der Waals surface area contributed by atoms with Gasteiger partial charge in [-0.2, -0.15) is 0 Å². The predicted molar refractivity (Wildman–Crippen MR) is 110 cm³/mol. The number of amidine groups is 1. The number of phenols is 1. The summed E-state index contributed by atoms with van der Waals surface area (Å²) in [6.45, 7) is 0. The lowest BCUT2D eigenvalue weighted by Crippen LogP contribution is -2.32. The van der Waals surface area contributed by atoms with Gasteiger partial charge in [-0.3, -0.25) is 9.69 Å². The van der Waals surface area contributed by atoms with Crippen LogP contribution in [-0.4, -0.2) is 24.0 Å². The Balaban J connectivity index is 1.83. The summed E-state index contributed by atoms with van der Waals surface area (Å²) >= 11 is 0. The van der Waals surface area contributed by atoms with E-state index < -0.39 is 0 Å². The first-order valence-corrected chi connectivity index (χ1v) is 8.89. The number of aliphatic imine (C=N–C) groups is 1. The highest BCUT2D eigenvalue weighted by Crippen LogP contribution is 2.30. The minimum absolute atomic E-state index is 0.0884. The summed E-state index contributed by atoms with van der Waals surface area (Å²) in [5, 5.41) is 9.58. The molecule has 0 spiro atoms. The number of hydrogen-bond donors (Lipinski definition) is 1. The van der Waals surface area contributed by atoms with E-state index in [9.17, 15) is 14.3 Å². The van der Waals surface area contributed by atoms with Gasteiger partial charge in [0, 0.05) is 11.1 Å². The number of hydrogen-bond acceptors (Lipinski definition) is 4. The van der Waals surface area contributed by atoms with Gasteiger partial charge in [0.2, 0.25) is 0 Å². The first-order valence-electron chi connectivity index (χ1n) is 8.89. The molecule has 1 N–H and O–H groups in total. The number of aromatic hydroxyl groups is 1. The van der Waals surface area contributed by atoms with Crippen LogP contribution in [0.3, 0.4) is 0 Å². The zero-order chi connectivity index (χ0) is 20.4. The van der Waals surface area contributed by atoms with Crippen LogP contribution in [0, 0.1) is 5.82 Å². The summed E-state index contributed by atoms with van der Waals surface area (Å²) in [6, 6.07) is 19.3. The molecule has 4 rings (SSSR count). The lowest BCUT2D eigenvalue weighted by Gasteiger charge is -2.18. The number of amides is 1. The highest BCUT2D eigenvalue weighted by Gasteiger charge is 2.32. The Labute approximate surface area is 167 Å². The number of phenolic OH excluding ortho intramolecular Hbond substituents is 1. The topological polar surface area (TPSA) is 62.1 Å². The van der Waals surface area contributed by atoms with E-state index in [0.29, 0.717) is 28.4 Å². The zero-order valence-electron chi connectivity index (χ0n) is 15.5. The molecule has 0 aromatic heterocycles. The van der Waals surface area contributed by atoms with Crippen molar-refractivity contribution in [2.75, 3.05) is 12.0 Å². The fraction of sp³-hybridized carbons (Fsp3) is 0.0435. The maximum atomic E-state index is 13.4. The normalized spacial score (nSPS) is 15.0. The van der Waals surface area contributed by atoms with Crippen molar-refractivity contribution in [3.05, 3.63) is 95.4 Å². The van der Waals surface area contributed by atoms with Gasteiger partial charge in [0.25, 0.3) is 5.91 Å². The Bertz CT molecular complexity index is 1120. The van der Waals surface area contributed by atoms with Crippen molar-refractivity contribution < 1.29 is 19.0 Å². The molecule has 0 bridgehead atoms. The van der Waals surface area contributed by atoms with Crippen LogP contribution in [0.4, 0.5) is 10.1 Å². The Kier molecular flexibility index (Phi) is 4.83. The molecule has 6 heteroatoms. The average Bonchev–Trinajstić information content (AvgIpc) is 3.06. The number of para-hydroxylation sites is 1. The van der Waals surface area contributed by atoms with Gasteiger partial charge in [-0.25, -0.2) is 9.38 Å². The van der Waals surface area contributed by atoms with E-state index in [1.165, 1.54) is 29.2 Å². The number of carbonyl (C=O) groups is 1. The van der Waals surface area contributed by atoms with Crippen LogP contribution in [0.1, 0.15) is 11.1 Å². The number of ether oxygens (including phenoxy) is 1. The summed E-state index contributed by atoms with van der Waals surface area (Å²) in [6.07, 6.45) is 1.66. The van der Waals surface area contributed by atoms with Crippen molar-refractivity contribution >= 4 is 23.5 Å². The number of nitrogens with zero attached hydrogens (tertiary/aromatic N) is 2. The largest absolute Gasteiger partial charge is 0.508 e. The minimum atomic E-state index is -0.375. The van der Waals surface area contributed by atoms with Crippen molar-refractivity contribution in [3.8, 4) is 11.5 Å². The molecule has 1 aliphatic heterocycles. The van der Waals surface area contributed by atoms with E-state index in [0.717, 1.165) is 0 Å². The van der Waals surface area contributed by atoms with Crippen molar-refractivity contribution in [2.45, 2.75) is 0 Å². The first kappa shape index (κ1) is 18.4. The molecular formula is C23H17FN2O3. The fourth-order valence-corrected chi connectivity index (χ4v) is 3.08. The molecular weight excluding hydrogens is 371 g/mol. The number of halogens is 1. The van der Waals surface area contributed by atoms with Gasteiger partial charge in [0.05, 0.1) is 12.8 Å². The predicted octanol–water partition coefficient (Wildman–Crippen LogP) is 4.37. The number of benzene rings is 3. The summed E-state index contributed by atoms with van der Waals surface area (Å²) in [4.78, 5) is 19.2. The van der Waals surface area contributed by atoms with Crippen LogP contribution < -0.4 is 9.64 Å². The van der Waals surface area contributed by atoms with Crippen LogP contribution in [-0.2, 0) is 4.79 Å². The summed E-state index contributed by atoms with van der Waals surface area (Å²) in [7, 11) is 1.56. The molecule has 0 atom stereocenters. The second-order valence-corrected chi connectivity index (χ2v) is 6.37. The van der Waals surface area contributed by atoms with E-state index >= 15 is 0 Å². The molecule has 0 aliphatic carbocycles. The maximum absolute atomic E-state index is 13.4. The van der Waals surface area contributed by atoms with Gasteiger partial charge < -0.3 is 9.84 Å². The Morgan fingerprint density at radius 3 is 2.38 bits per heavy atom. The van der Waals surface area contributed by atoms with Gasteiger partial charge in [0.15, 0.2) is 0 Å². The number of carbonyl (C=O) groups excluding carboxylic acids is 1. The average molecular weight is 388 g/mol. The number of anilines is 1. The second-order valence-electron chi connectivity index (χ2n) is 6.37. The molecule has 0 radical (unpaired) electrons. The third-order valence-electron chi connectivity index (χ3n) is 4.50. The van der Waals surface area contributed by atoms with Gasteiger partial charge in [-0.1, -0.05) is 18.2 Å². The summed E-state index contributed by atoms with van der Waals surface area (Å²) in [5.74, 6) is 0.377. The van der Waals surface area contributed by atoms with Gasteiger partial charge in [-0.15, -0.1) is 0 Å². The lowest BCUT2D eigenvalue weighted by molar-refractivity contribution is -0.113. The molecule has 0 fully saturated rings. The van der Waals surface area contributed by atoms with Crippen LogP contribution in [0.2, 0.25) is 0 Å². The van der Waals surface area contributed by atoms with Crippen LogP contribution in [0.15, 0.2) is 83.5 Å². The quantitative estimate of drug-likeness (QED) is 0.675. The SMILES string of the molecule is COc1ccccc1/C=C1/N=C(c2ccc(F)cc2)N(c2ccc(O)cc2)C1=O. The molecule has 1 amide bonds. The minimum Gasteiger partial charge on any atom is -0.508 e. The second kappa shape index (κ2) is 7.59. The molecule has 0 saturated carbocycles. The standard InChI is InChI=1S/C23H17FN2O3/c1-29-21-5-3-2-4-16(21)14-20-23(28)26(18-10-12-19(27)13-11-18)22(25-20)15-6-8-17(24)9-7-15/h2-14,27H,1H3/b20-14+. The van der Waals surface area contributed by atoms with Crippen molar-refractivity contribution in [1.82, 2.24) is 0 Å².